The van der Waals surface area contributed by atoms with E-state index in [0.717, 1.165) is 5.56 Å². The Hall–Kier alpha value is -3.56. The molecule has 9 heteroatoms. The van der Waals surface area contributed by atoms with Crippen LogP contribution in [-0.2, 0) is 39.7 Å². The summed E-state index contributed by atoms with van der Waals surface area (Å²) in [7, 11) is 0. The maximum absolute atomic E-state index is 13.2. The molecule has 164 valence electrons. The molecule has 1 atom stereocenters. The number of hydrogen-bond acceptors (Lipinski definition) is 8. The maximum atomic E-state index is 13.2. The van der Waals surface area contributed by atoms with Crippen molar-refractivity contribution < 1.29 is 29.3 Å². The summed E-state index contributed by atoms with van der Waals surface area (Å²) < 4.78 is 11.8. The number of cyclic esters (lactones) is 1. The smallest absolute Gasteiger partial charge is 0.343 e. The van der Waals surface area contributed by atoms with Gasteiger partial charge in [-0.05, 0) is 30.7 Å². The molecular weight excluding hydrogens is 416 g/mol. The van der Waals surface area contributed by atoms with Gasteiger partial charge < -0.3 is 24.3 Å². The first kappa shape index (κ1) is 20.3. The number of carbonyl (C=O) groups excluding carboxylic acids is 2. The van der Waals surface area contributed by atoms with E-state index in [1.807, 2.05) is 6.07 Å². The maximum Gasteiger partial charge on any atom is 0.343 e. The summed E-state index contributed by atoms with van der Waals surface area (Å²) in [5.41, 5.74) is 1.04. The van der Waals surface area contributed by atoms with Gasteiger partial charge in [-0.2, -0.15) is 0 Å². The molecule has 2 aliphatic rings. The standard InChI is InChI=1S/C23H20N2O7/c1-3-23(30)16-7-18-20-12(8-25(18)21(28)15(16)10-31-22(23)29)6-13-14(9-26)19(32-11(2)27)5-4-17(13)24-20/h4-7,26,30H,3,8-10H2,1-2H3/t23-/m0/s1. The molecule has 0 fully saturated rings. The third kappa shape index (κ3) is 2.71. The summed E-state index contributed by atoms with van der Waals surface area (Å²) >= 11 is 0. The van der Waals surface area contributed by atoms with E-state index < -0.39 is 17.5 Å². The lowest BCUT2D eigenvalue weighted by molar-refractivity contribution is -0.172. The SMILES string of the molecule is CC[C@@]1(O)C(=O)OCc2c1cc1n(c2=O)Cc2cc3c(CO)c(OC(C)=O)ccc3nc2-1. The van der Waals surface area contributed by atoms with Crippen LogP contribution in [0.5, 0.6) is 5.75 Å². The summed E-state index contributed by atoms with van der Waals surface area (Å²) in [6.07, 6.45) is 0.0680. The molecule has 3 aromatic rings. The van der Waals surface area contributed by atoms with Crippen LogP contribution in [-0.4, -0.2) is 31.7 Å². The second kappa shape index (κ2) is 6.98. The van der Waals surface area contributed by atoms with Crippen molar-refractivity contribution in [2.45, 2.75) is 45.6 Å². The highest BCUT2D eigenvalue weighted by molar-refractivity contribution is 5.90. The van der Waals surface area contributed by atoms with Crippen molar-refractivity contribution in [2.24, 2.45) is 0 Å². The summed E-state index contributed by atoms with van der Waals surface area (Å²) in [5, 5.41) is 21.4. The molecule has 0 aliphatic carbocycles. The molecule has 0 unspecified atom stereocenters. The number of carbonyl (C=O) groups is 2. The number of aliphatic hydroxyl groups is 2. The van der Waals surface area contributed by atoms with Crippen LogP contribution in [0, 0.1) is 0 Å². The first-order valence-corrected chi connectivity index (χ1v) is 10.2. The average Bonchev–Trinajstić information content (AvgIpc) is 3.13. The Balaban J connectivity index is 1.73. The molecule has 0 saturated heterocycles. The van der Waals surface area contributed by atoms with Gasteiger partial charge in [-0.15, -0.1) is 0 Å². The lowest BCUT2D eigenvalue weighted by Crippen LogP contribution is -2.44. The van der Waals surface area contributed by atoms with Gasteiger partial charge in [-0.3, -0.25) is 9.59 Å². The van der Waals surface area contributed by atoms with E-state index in [2.05, 4.69) is 0 Å². The first-order valence-electron chi connectivity index (χ1n) is 10.2. The van der Waals surface area contributed by atoms with E-state index in [-0.39, 0.29) is 48.6 Å². The molecule has 2 aromatic heterocycles. The molecule has 0 saturated carbocycles. The van der Waals surface area contributed by atoms with Crippen LogP contribution >= 0.6 is 0 Å². The van der Waals surface area contributed by atoms with Gasteiger partial charge in [0.05, 0.1) is 35.6 Å². The molecule has 2 N–H and O–H groups in total. The lowest BCUT2D eigenvalue weighted by atomic mass is 9.86. The average molecular weight is 436 g/mol. The van der Waals surface area contributed by atoms with Gasteiger partial charge in [0.15, 0.2) is 5.60 Å². The Labute approximate surface area is 181 Å². The molecule has 0 radical (unpaired) electrons. The number of esters is 2. The van der Waals surface area contributed by atoms with Gasteiger partial charge in [0.25, 0.3) is 5.56 Å². The monoisotopic (exact) mass is 436 g/mol. The molecule has 32 heavy (non-hydrogen) atoms. The van der Waals surface area contributed by atoms with Crippen molar-refractivity contribution in [1.82, 2.24) is 9.55 Å². The number of fused-ring (bicyclic) bond motifs is 5. The van der Waals surface area contributed by atoms with Gasteiger partial charge in [-0.1, -0.05) is 6.92 Å². The minimum Gasteiger partial charge on any atom is -0.458 e. The predicted molar refractivity (Wildman–Crippen MR) is 112 cm³/mol. The number of benzene rings is 1. The fourth-order valence-corrected chi connectivity index (χ4v) is 4.50. The van der Waals surface area contributed by atoms with Crippen molar-refractivity contribution in [3.05, 3.63) is 56.9 Å². The fourth-order valence-electron chi connectivity index (χ4n) is 4.50. The van der Waals surface area contributed by atoms with Crippen LogP contribution in [0.3, 0.4) is 0 Å². The zero-order chi connectivity index (χ0) is 22.8. The largest absolute Gasteiger partial charge is 0.458 e. The molecule has 0 bridgehead atoms. The highest BCUT2D eigenvalue weighted by atomic mass is 16.6. The summed E-state index contributed by atoms with van der Waals surface area (Å²) in [6, 6.07) is 6.70. The van der Waals surface area contributed by atoms with Crippen LogP contribution in [0.2, 0.25) is 0 Å². The quantitative estimate of drug-likeness (QED) is 0.365. The zero-order valence-electron chi connectivity index (χ0n) is 17.5. The van der Waals surface area contributed by atoms with E-state index in [1.165, 1.54) is 11.5 Å². The minimum atomic E-state index is -1.88. The van der Waals surface area contributed by atoms with E-state index in [9.17, 15) is 24.6 Å². The van der Waals surface area contributed by atoms with E-state index >= 15 is 0 Å². The lowest BCUT2D eigenvalue weighted by Gasteiger charge is -2.31. The third-order valence-electron chi connectivity index (χ3n) is 6.17. The highest BCUT2D eigenvalue weighted by Gasteiger charge is 2.45. The number of aliphatic hydroxyl groups excluding tert-OH is 1. The number of aromatic nitrogens is 2. The molecular formula is C23H20N2O7. The van der Waals surface area contributed by atoms with Crippen LogP contribution in [0.1, 0.15) is 42.5 Å². The topological polar surface area (TPSA) is 128 Å². The molecule has 0 amide bonds. The minimum absolute atomic E-state index is 0.0680. The van der Waals surface area contributed by atoms with Crippen LogP contribution in [0.4, 0.5) is 0 Å². The Morgan fingerprint density at radius 3 is 2.78 bits per heavy atom. The number of ether oxygens (including phenoxy) is 2. The second-order valence-corrected chi connectivity index (χ2v) is 7.96. The molecule has 9 nitrogen and oxygen atoms in total. The first-order chi connectivity index (χ1) is 15.3. The van der Waals surface area contributed by atoms with Crippen LogP contribution in [0.15, 0.2) is 29.1 Å². The van der Waals surface area contributed by atoms with Gasteiger partial charge in [0, 0.05) is 29.0 Å². The normalized spacial score (nSPS) is 18.7. The van der Waals surface area contributed by atoms with Crippen LogP contribution in [0.25, 0.3) is 22.3 Å². The molecule has 0 spiro atoms. The highest BCUT2D eigenvalue weighted by Crippen LogP contribution is 2.39. The van der Waals surface area contributed by atoms with Crippen molar-refractivity contribution in [3.63, 3.8) is 0 Å². The van der Waals surface area contributed by atoms with Crippen molar-refractivity contribution in [2.75, 3.05) is 0 Å². The zero-order valence-corrected chi connectivity index (χ0v) is 17.5. The summed E-state index contributed by atoms with van der Waals surface area (Å²) in [5.74, 6) is -1.02. The van der Waals surface area contributed by atoms with Crippen molar-refractivity contribution in [3.8, 4) is 17.1 Å². The van der Waals surface area contributed by atoms with Gasteiger partial charge in [-0.25, -0.2) is 9.78 Å². The Kier molecular flexibility index (Phi) is 4.44. The third-order valence-corrected chi connectivity index (χ3v) is 6.17. The summed E-state index contributed by atoms with van der Waals surface area (Å²) in [6.45, 7) is 2.62. The van der Waals surface area contributed by atoms with E-state index in [1.54, 1.807) is 25.1 Å². The van der Waals surface area contributed by atoms with Crippen LogP contribution < -0.4 is 10.3 Å². The number of rotatable bonds is 3. The molecule has 4 heterocycles. The molecule has 1 aromatic carbocycles. The Morgan fingerprint density at radius 1 is 1.31 bits per heavy atom. The predicted octanol–water partition coefficient (Wildman–Crippen LogP) is 1.50. The Bertz CT molecular complexity index is 1390. The Morgan fingerprint density at radius 2 is 2.09 bits per heavy atom. The fraction of sp³-hybridized carbons (Fsp3) is 0.304. The second-order valence-electron chi connectivity index (χ2n) is 7.96. The van der Waals surface area contributed by atoms with Crippen molar-refractivity contribution in [1.29, 1.82) is 0 Å². The van der Waals surface area contributed by atoms with Crippen molar-refractivity contribution >= 4 is 22.8 Å². The number of hydrogen-bond donors (Lipinski definition) is 2. The van der Waals surface area contributed by atoms with Gasteiger partial charge in [0.1, 0.15) is 12.4 Å². The van der Waals surface area contributed by atoms with E-state index in [4.69, 9.17) is 14.5 Å². The van der Waals surface area contributed by atoms with E-state index in [0.29, 0.717) is 27.9 Å². The number of pyridine rings is 2. The molecule has 2 aliphatic heterocycles. The molecule has 5 rings (SSSR count). The van der Waals surface area contributed by atoms with Gasteiger partial charge >= 0.3 is 11.9 Å². The summed E-state index contributed by atoms with van der Waals surface area (Å²) in [4.78, 5) is 41.6. The van der Waals surface area contributed by atoms with Gasteiger partial charge in [0.2, 0.25) is 0 Å². The number of nitrogens with zero attached hydrogens (tertiary/aromatic N) is 2.